The van der Waals surface area contributed by atoms with E-state index in [1.807, 2.05) is 18.7 Å². The average Bonchev–Trinajstić information content (AvgIpc) is 2.40. The highest BCUT2D eigenvalue weighted by Gasteiger charge is 2.10. The molecule has 106 valence electrons. The van der Waals surface area contributed by atoms with Gasteiger partial charge in [0.05, 0.1) is 0 Å². The highest BCUT2D eigenvalue weighted by Crippen LogP contribution is 2.12. The number of rotatable bonds is 8. The van der Waals surface area contributed by atoms with Crippen LogP contribution in [0.3, 0.4) is 0 Å². The maximum atomic E-state index is 11.7. The Kier molecular flexibility index (Phi) is 7.65. The molecule has 1 N–H and O–H groups in total. The van der Waals surface area contributed by atoms with Crippen molar-refractivity contribution < 1.29 is 4.79 Å². The molecule has 19 heavy (non-hydrogen) atoms. The molecular formula is C16H25NOS. The fourth-order valence-corrected chi connectivity index (χ4v) is 2.68. The third-order valence-corrected chi connectivity index (χ3v) is 4.13. The summed E-state index contributed by atoms with van der Waals surface area (Å²) in [7, 11) is 0. The molecule has 0 fully saturated rings. The SMILES string of the molecule is CCCC(C)C(=O)NCCSCc1ccc(C)cc1. The molecule has 1 rings (SSSR count). The van der Waals surface area contributed by atoms with Crippen LogP contribution in [0.5, 0.6) is 0 Å². The van der Waals surface area contributed by atoms with E-state index in [2.05, 4.69) is 43.4 Å². The normalized spacial score (nSPS) is 12.2. The minimum atomic E-state index is 0.145. The monoisotopic (exact) mass is 279 g/mol. The van der Waals surface area contributed by atoms with Crippen molar-refractivity contribution in [2.24, 2.45) is 5.92 Å². The number of benzene rings is 1. The minimum absolute atomic E-state index is 0.145. The molecule has 0 aliphatic heterocycles. The summed E-state index contributed by atoms with van der Waals surface area (Å²) in [5.74, 6) is 2.32. The second-order valence-electron chi connectivity index (χ2n) is 5.02. The summed E-state index contributed by atoms with van der Waals surface area (Å²) < 4.78 is 0. The van der Waals surface area contributed by atoms with Crippen molar-refractivity contribution in [3.8, 4) is 0 Å². The van der Waals surface area contributed by atoms with Crippen LogP contribution in [0, 0.1) is 12.8 Å². The van der Waals surface area contributed by atoms with Crippen molar-refractivity contribution in [2.45, 2.75) is 39.4 Å². The standard InChI is InChI=1S/C16H25NOS/c1-4-5-14(3)16(18)17-10-11-19-12-15-8-6-13(2)7-9-15/h6-9,14H,4-5,10-12H2,1-3H3,(H,17,18). The molecule has 0 heterocycles. The zero-order valence-corrected chi connectivity index (χ0v) is 13.1. The maximum Gasteiger partial charge on any atom is 0.222 e. The van der Waals surface area contributed by atoms with E-state index < -0.39 is 0 Å². The first-order chi connectivity index (χ1) is 9.13. The van der Waals surface area contributed by atoms with Gasteiger partial charge in [0.15, 0.2) is 0 Å². The third kappa shape index (κ3) is 6.67. The molecule has 3 heteroatoms. The van der Waals surface area contributed by atoms with Crippen molar-refractivity contribution in [2.75, 3.05) is 12.3 Å². The number of nitrogens with one attached hydrogen (secondary N) is 1. The van der Waals surface area contributed by atoms with Crippen molar-refractivity contribution in [1.29, 1.82) is 0 Å². The van der Waals surface area contributed by atoms with Crippen LogP contribution >= 0.6 is 11.8 Å². The van der Waals surface area contributed by atoms with E-state index in [1.165, 1.54) is 11.1 Å². The van der Waals surface area contributed by atoms with E-state index >= 15 is 0 Å². The molecule has 2 nitrogen and oxygen atoms in total. The second kappa shape index (κ2) is 9.03. The first-order valence-corrected chi connectivity index (χ1v) is 8.20. The van der Waals surface area contributed by atoms with Crippen LogP contribution in [0.25, 0.3) is 0 Å². The molecule has 0 radical (unpaired) electrons. The van der Waals surface area contributed by atoms with Crippen molar-refractivity contribution in [3.05, 3.63) is 35.4 Å². The van der Waals surface area contributed by atoms with Crippen LogP contribution < -0.4 is 5.32 Å². The summed E-state index contributed by atoms with van der Waals surface area (Å²) >= 11 is 1.86. The number of amides is 1. The number of thioether (sulfide) groups is 1. The van der Waals surface area contributed by atoms with E-state index in [0.717, 1.165) is 30.9 Å². The Morgan fingerprint density at radius 1 is 1.32 bits per heavy atom. The number of carbonyl (C=O) groups is 1. The van der Waals surface area contributed by atoms with Crippen LogP contribution in [0.1, 0.15) is 37.8 Å². The Hall–Kier alpha value is -0.960. The molecule has 1 atom stereocenters. The number of hydrogen-bond donors (Lipinski definition) is 1. The third-order valence-electron chi connectivity index (χ3n) is 3.10. The minimum Gasteiger partial charge on any atom is -0.355 e. The average molecular weight is 279 g/mol. The summed E-state index contributed by atoms with van der Waals surface area (Å²) in [6, 6.07) is 8.63. The molecule has 1 unspecified atom stereocenters. The Bertz CT molecular complexity index is 375. The Morgan fingerprint density at radius 3 is 2.63 bits per heavy atom. The van der Waals surface area contributed by atoms with E-state index in [0.29, 0.717) is 0 Å². The van der Waals surface area contributed by atoms with E-state index in [9.17, 15) is 4.79 Å². The zero-order valence-electron chi connectivity index (χ0n) is 12.2. The highest BCUT2D eigenvalue weighted by atomic mass is 32.2. The molecule has 0 aliphatic rings. The lowest BCUT2D eigenvalue weighted by atomic mass is 10.1. The van der Waals surface area contributed by atoms with Crippen molar-refractivity contribution >= 4 is 17.7 Å². The molecule has 1 aromatic carbocycles. The number of carbonyl (C=O) groups excluding carboxylic acids is 1. The Balaban J connectivity index is 2.11. The molecule has 0 saturated heterocycles. The van der Waals surface area contributed by atoms with Gasteiger partial charge in [0.1, 0.15) is 0 Å². The molecule has 1 amide bonds. The van der Waals surface area contributed by atoms with Gasteiger partial charge >= 0.3 is 0 Å². The molecular weight excluding hydrogens is 254 g/mol. The molecule has 0 saturated carbocycles. The lowest BCUT2D eigenvalue weighted by molar-refractivity contribution is -0.124. The smallest absolute Gasteiger partial charge is 0.222 e. The van der Waals surface area contributed by atoms with Crippen LogP contribution in [0.15, 0.2) is 24.3 Å². The van der Waals surface area contributed by atoms with E-state index in [4.69, 9.17) is 0 Å². The number of hydrogen-bond acceptors (Lipinski definition) is 2. The van der Waals surface area contributed by atoms with Crippen LogP contribution in [0.4, 0.5) is 0 Å². The molecule has 1 aromatic rings. The summed E-state index contributed by atoms with van der Waals surface area (Å²) in [6.07, 6.45) is 2.04. The predicted molar refractivity (Wildman–Crippen MR) is 84.4 cm³/mol. The fraction of sp³-hybridized carbons (Fsp3) is 0.562. The van der Waals surface area contributed by atoms with E-state index in [-0.39, 0.29) is 11.8 Å². The summed E-state index contributed by atoms with van der Waals surface area (Å²) in [6.45, 7) is 6.98. The first-order valence-electron chi connectivity index (χ1n) is 7.04. The van der Waals surface area contributed by atoms with Crippen molar-refractivity contribution in [3.63, 3.8) is 0 Å². The summed E-state index contributed by atoms with van der Waals surface area (Å²) in [5.41, 5.74) is 2.65. The van der Waals surface area contributed by atoms with Gasteiger partial charge in [0.25, 0.3) is 0 Å². The second-order valence-corrected chi connectivity index (χ2v) is 6.12. The Labute approximate surface area is 121 Å². The Morgan fingerprint density at radius 2 is 2.00 bits per heavy atom. The van der Waals surface area contributed by atoms with Gasteiger partial charge in [-0.25, -0.2) is 0 Å². The number of aryl methyl sites for hydroxylation is 1. The van der Waals surface area contributed by atoms with Gasteiger partial charge in [-0.3, -0.25) is 4.79 Å². The van der Waals surface area contributed by atoms with Gasteiger partial charge in [-0.2, -0.15) is 11.8 Å². The van der Waals surface area contributed by atoms with E-state index in [1.54, 1.807) is 0 Å². The molecule has 0 spiro atoms. The van der Waals surface area contributed by atoms with Gasteiger partial charge in [-0.15, -0.1) is 0 Å². The lowest BCUT2D eigenvalue weighted by Gasteiger charge is -2.10. The van der Waals surface area contributed by atoms with Crippen molar-refractivity contribution in [1.82, 2.24) is 5.32 Å². The van der Waals surface area contributed by atoms with Crippen LogP contribution in [-0.2, 0) is 10.5 Å². The zero-order chi connectivity index (χ0) is 14.1. The molecule has 0 bridgehead atoms. The topological polar surface area (TPSA) is 29.1 Å². The van der Waals surface area contributed by atoms with Gasteiger partial charge in [-0.1, -0.05) is 50.1 Å². The van der Waals surface area contributed by atoms with Gasteiger partial charge in [-0.05, 0) is 18.9 Å². The lowest BCUT2D eigenvalue weighted by Crippen LogP contribution is -2.30. The van der Waals surface area contributed by atoms with Crippen LogP contribution in [0.2, 0.25) is 0 Å². The maximum absolute atomic E-state index is 11.7. The first kappa shape index (κ1) is 16.1. The predicted octanol–water partition coefficient (Wildman–Crippen LogP) is 3.78. The van der Waals surface area contributed by atoms with Crippen LogP contribution in [-0.4, -0.2) is 18.2 Å². The van der Waals surface area contributed by atoms with Gasteiger partial charge < -0.3 is 5.32 Å². The quantitative estimate of drug-likeness (QED) is 0.734. The molecule has 0 aromatic heterocycles. The summed E-state index contributed by atoms with van der Waals surface area (Å²) in [4.78, 5) is 11.7. The largest absolute Gasteiger partial charge is 0.355 e. The van der Waals surface area contributed by atoms with Gasteiger partial charge in [0.2, 0.25) is 5.91 Å². The molecule has 0 aliphatic carbocycles. The summed E-state index contributed by atoms with van der Waals surface area (Å²) in [5, 5.41) is 3.00. The highest BCUT2D eigenvalue weighted by molar-refractivity contribution is 7.98. The fourth-order valence-electron chi connectivity index (χ4n) is 1.86. The van der Waals surface area contributed by atoms with Gasteiger partial charge in [0, 0.05) is 24.0 Å².